The van der Waals surface area contributed by atoms with Crippen LogP contribution < -0.4 is 11.1 Å². The van der Waals surface area contributed by atoms with Gasteiger partial charge in [0, 0.05) is 12.1 Å². The molecule has 0 aliphatic heterocycles. The lowest BCUT2D eigenvalue weighted by Gasteiger charge is -2.02. The van der Waals surface area contributed by atoms with Gasteiger partial charge < -0.3 is 15.5 Å². The summed E-state index contributed by atoms with van der Waals surface area (Å²) in [5, 5.41) is 2.80. The number of furan rings is 1. The maximum atomic E-state index is 11.6. The molecule has 0 unspecified atom stereocenters. The Hall–Kier alpha value is -1.29. The number of carbonyl (C=O) groups is 1. The second-order valence-corrected chi connectivity index (χ2v) is 3.62. The van der Waals surface area contributed by atoms with Gasteiger partial charge in [-0.05, 0) is 39.3 Å². The van der Waals surface area contributed by atoms with Gasteiger partial charge >= 0.3 is 0 Å². The van der Waals surface area contributed by atoms with Crippen LogP contribution in [0.4, 0.5) is 0 Å². The summed E-state index contributed by atoms with van der Waals surface area (Å²) in [6, 6.07) is 1.86. The molecule has 15 heavy (non-hydrogen) atoms. The fraction of sp³-hybridized carbons (Fsp3) is 0.545. The Balaban J connectivity index is 2.43. The monoisotopic (exact) mass is 210 g/mol. The van der Waals surface area contributed by atoms with Gasteiger partial charge in [0.1, 0.15) is 5.76 Å². The largest absolute Gasteiger partial charge is 0.456 e. The molecule has 0 bridgehead atoms. The lowest BCUT2D eigenvalue weighted by atomic mass is 10.2. The highest BCUT2D eigenvalue weighted by atomic mass is 16.3. The standard InChI is InChI=1S/C11H18N2O2/c1-8-7-9(2)15-10(8)11(14)13-6-4-3-5-12/h7H,3-6,12H2,1-2H3,(H,13,14). The molecule has 0 fully saturated rings. The zero-order chi connectivity index (χ0) is 11.3. The molecule has 84 valence electrons. The van der Waals surface area contributed by atoms with Gasteiger partial charge in [-0.2, -0.15) is 0 Å². The van der Waals surface area contributed by atoms with Gasteiger partial charge in [-0.3, -0.25) is 4.79 Å². The summed E-state index contributed by atoms with van der Waals surface area (Å²) in [7, 11) is 0. The van der Waals surface area contributed by atoms with Gasteiger partial charge in [0.15, 0.2) is 5.76 Å². The molecule has 4 heteroatoms. The molecule has 1 aromatic heterocycles. The van der Waals surface area contributed by atoms with Crippen LogP contribution in [0.25, 0.3) is 0 Å². The molecular formula is C11H18N2O2. The van der Waals surface area contributed by atoms with Gasteiger partial charge in [-0.25, -0.2) is 0 Å². The highest BCUT2D eigenvalue weighted by molar-refractivity contribution is 5.92. The molecule has 1 aromatic rings. The molecule has 0 aromatic carbocycles. The number of amides is 1. The van der Waals surface area contributed by atoms with Crippen molar-refractivity contribution in [2.45, 2.75) is 26.7 Å². The molecule has 0 aliphatic rings. The van der Waals surface area contributed by atoms with Gasteiger partial charge in [-0.1, -0.05) is 0 Å². The summed E-state index contributed by atoms with van der Waals surface area (Å²) in [5.74, 6) is 1.04. The topological polar surface area (TPSA) is 68.3 Å². The quantitative estimate of drug-likeness (QED) is 0.721. The van der Waals surface area contributed by atoms with E-state index in [9.17, 15) is 4.79 Å². The molecule has 1 heterocycles. The van der Waals surface area contributed by atoms with E-state index in [0.29, 0.717) is 18.8 Å². The van der Waals surface area contributed by atoms with Crippen molar-refractivity contribution >= 4 is 5.91 Å². The van der Waals surface area contributed by atoms with E-state index < -0.39 is 0 Å². The Labute approximate surface area is 89.8 Å². The zero-order valence-electron chi connectivity index (χ0n) is 9.30. The smallest absolute Gasteiger partial charge is 0.287 e. The fourth-order valence-corrected chi connectivity index (χ4v) is 1.42. The molecule has 1 amide bonds. The maximum Gasteiger partial charge on any atom is 0.287 e. The van der Waals surface area contributed by atoms with E-state index in [1.807, 2.05) is 19.9 Å². The van der Waals surface area contributed by atoms with E-state index in [1.165, 1.54) is 0 Å². The van der Waals surface area contributed by atoms with Crippen molar-refractivity contribution in [1.29, 1.82) is 0 Å². The van der Waals surface area contributed by atoms with Crippen molar-refractivity contribution in [3.05, 3.63) is 23.2 Å². The molecule has 4 nitrogen and oxygen atoms in total. The zero-order valence-corrected chi connectivity index (χ0v) is 9.30. The van der Waals surface area contributed by atoms with Gasteiger partial charge in [-0.15, -0.1) is 0 Å². The maximum absolute atomic E-state index is 11.6. The summed E-state index contributed by atoms with van der Waals surface area (Å²) < 4.78 is 5.30. The summed E-state index contributed by atoms with van der Waals surface area (Å²) >= 11 is 0. The first-order chi connectivity index (χ1) is 7.15. The Morgan fingerprint density at radius 3 is 2.73 bits per heavy atom. The number of unbranched alkanes of at least 4 members (excludes halogenated alkanes) is 1. The first-order valence-corrected chi connectivity index (χ1v) is 5.20. The second-order valence-electron chi connectivity index (χ2n) is 3.62. The molecule has 0 saturated carbocycles. The van der Waals surface area contributed by atoms with Crippen molar-refractivity contribution in [3.8, 4) is 0 Å². The van der Waals surface area contributed by atoms with Crippen LogP contribution in [0.15, 0.2) is 10.5 Å². The van der Waals surface area contributed by atoms with Crippen molar-refractivity contribution in [2.75, 3.05) is 13.1 Å². The number of hydrogen-bond donors (Lipinski definition) is 2. The average Bonchev–Trinajstić information content (AvgIpc) is 2.52. The van der Waals surface area contributed by atoms with Crippen molar-refractivity contribution in [2.24, 2.45) is 5.73 Å². The fourth-order valence-electron chi connectivity index (χ4n) is 1.42. The Morgan fingerprint density at radius 1 is 1.47 bits per heavy atom. The van der Waals surface area contributed by atoms with Crippen LogP contribution in [-0.2, 0) is 0 Å². The van der Waals surface area contributed by atoms with Crippen molar-refractivity contribution in [1.82, 2.24) is 5.32 Å². The van der Waals surface area contributed by atoms with Crippen LogP contribution in [-0.4, -0.2) is 19.0 Å². The van der Waals surface area contributed by atoms with Crippen molar-refractivity contribution < 1.29 is 9.21 Å². The third-order valence-electron chi connectivity index (χ3n) is 2.16. The number of carbonyl (C=O) groups excluding carboxylic acids is 1. The number of nitrogens with two attached hydrogens (primary N) is 1. The molecule has 0 saturated heterocycles. The number of rotatable bonds is 5. The molecule has 1 rings (SSSR count). The first-order valence-electron chi connectivity index (χ1n) is 5.20. The van der Waals surface area contributed by atoms with E-state index >= 15 is 0 Å². The Morgan fingerprint density at radius 2 is 2.20 bits per heavy atom. The molecule has 3 N–H and O–H groups in total. The van der Waals surface area contributed by atoms with E-state index in [2.05, 4.69) is 5.32 Å². The van der Waals surface area contributed by atoms with E-state index in [1.54, 1.807) is 0 Å². The SMILES string of the molecule is Cc1cc(C)c(C(=O)NCCCCN)o1. The van der Waals surface area contributed by atoms with Crippen LogP contribution in [0.2, 0.25) is 0 Å². The molecule has 0 radical (unpaired) electrons. The summed E-state index contributed by atoms with van der Waals surface area (Å²) in [4.78, 5) is 11.6. The van der Waals surface area contributed by atoms with Crippen LogP contribution in [0.1, 0.15) is 34.7 Å². The normalized spacial score (nSPS) is 10.3. The molecule has 0 atom stereocenters. The van der Waals surface area contributed by atoms with Gasteiger partial charge in [0.2, 0.25) is 0 Å². The van der Waals surface area contributed by atoms with Gasteiger partial charge in [0.05, 0.1) is 0 Å². The molecule has 0 spiro atoms. The first kappa shape index (κ1) is 11.8. The van der Waals surface area contributed by atoms with E-state index in [4.69, 9.17) is 10.2 Å². The number of aryl methyl sites for hydroxylation is 2. The summed E-state index contributed by atoms with van der Waals surface area (Å²) in [6.45, 7) is 5.01. The van der Waals surface area contributed by atoms with Crippen molar-refractivity contribution in [3.63, 3.8) is 0 Å². The van der Waals surface area contributed by atoms with Crippen LogP contribution in [0, 0.1) is 13.8 Å². The number of nitrogens with one attached hydrogen (secondary N) is 1. The summed E-state index contributed by atoms with van der Waals surface area (Å²) in [6.07, 6.45) is 1.83. The highest BCUT2D eigenvalue weighted by Gasteiger charge is 2.13. The minimum Gasteiger partial charge on any atom is -0.456 e. The predicted molar refractivity (Wildman–Crippen MR) is 58.8 cm³/mol. The Kier molecular flexibility index (Phi) is 4.37. The van der Waals surface area contributed by atoms with E-state index in [-0.39, 0.29) is 5.91 Å². The predicted octanol–water partition coefficient (Wildman–Crippen LogP) is 1.37. The highest BCUT2D eigenvalue weighted by Crippen LogP contribution is 2.13. The number of hydrogen-bond acceptors (Lipinski definition) is 3. The lowest BCUT2D eigenvalue weighted by molar-refractivity contribution is 0.0923. The van der Waals surface area contributed by atoms with E-state index in [0.717, 1.165) is 24.2 Å². The third-order valence-corrected chi connectivity index (χ3v) is 2.16. The van der Waals surface area contributed by atoms with Crippen LogP contribution in [0.3, 0.4) is 0 Å². The van der Waals surface area contributed by atoms with Gasteiger partial charge in [0.25, 0.3) is 5.91 Å². The lowest BCUT2D eigenvalue weighted by Crippen LogP contribution is -2.25. The summed E-state index contributed by atoms with van der Waals surface area (Å²) in [5.41, 5.74) is 6.23. The Bertz CT molecular complexity index is 331. The van der Waals surface area contributed by atoms with Crippen LogP contribution in [0.5, 0.6) is 0 Å². The minimum atomic E-state index is -0.141. The second kappa shape index (κ2) is 5.56. The minimum absolute atomic E-state index is 0.141. The molecule has 0 aliphatic carbocycles. The third kappa shape index (κ3) is 3.40. The average molecular weight is 210 g/mol. The van der Waals surface area contributed by atoms with Crippen LogP contribution >= 0.6 is 0 Å². The molecular weight excluding hydrogens is 192 g/mol.